The molecule has 0 saturated heterocycles. The molecule has 108 valence electrons. The number of esters is 1. The highest BCUT2D eigenvalue weighted by Gasteiger charge is 2.25. The van der Waals surface area contributed by atoms with E-state index in [0.717, 1.165) is 12.8 Å². The fourth-order valence-corrected chi connectivity index (χ4v) is 1.84. The smallest absolute Gasteiger partial charge is 0.311 e. The molecule has 0 N–H and O–H groups in total. The third-order valence-electron chi connectivity index (χ3n) is 2.71. The Kier molecular flexibility index (Phi) is 9.06. The lowest BCUT2D eigenvalue weighted by molar-refractivity contribution is -0.152. The fourth-order valence-electron chi connectivity index (χ4n) is 1.42. The summed E-state index contributed by atoms with van der Waals surface area (Å²) in [5.74, 6) is -0.233. The first-order valence-electron chi connectivity index (χ1n) is 6.74. The van der Waals surface area contributed by atoms with Gasteiger partial charge in [-0.05, 0) is 27.2 Å². The summed E-state index contributed by atoms with van der Waals surface area (Å²) >= 11 is 12.3. The number of hydrogen-bond acceptors (Lipinski definition) is 2. The van der Waals surface area contributed by atoms with Gasteiger partial charge in [0.05, 0.1) is 16.2 Å². The van der Waals surface area contributed by atoms with Crippen molar-refractivity contribution in [2.45, 2.75) is 70.6 Å². The summed E-state index contributed by atoms with van der Waals surface area (Å²) in [7, 11) is 0. The van der Waals surface area contributed by atoms with E-state index >= 15 is 0 Å². The van der Waals surface area contributed by atoms with Crippen molar-refractivity contribution >= 4 is 29.2 Å². The lowest BCUT2D eigenvalue weighted by Gasteiger charge is -2.20. The summed E-state index contributed by atoms with van der Waals surface area (Å²) in [5, 5.41) is -0.434. The summed E-state index contributed by atoms with van der Waals surface area (Å²) in [6.07, 6.45) is 5.59. The van der Waals surface area contributed by atoms with Crippen LogP contribution in [0.1, 0.15) is 59.8 Å². The molecule has 0 aliphatic heterocycles. The van der Waals surface area contributed by atoms with Crippen LogP contribution in [0.25, 0.3) is 0 Å². The van der Waals surface area contributed by atoms with E-state index in [1.807, 2.05) is 20.8 Å². The van der Waals surface area contributed by atoms with Gasteiger partial charge in [-0.1, -0.05) is 32.6 Å². The topological polar surface area (TPSA) is 26.3 Å². The summed E-state index contributed by atoms with van der Waals surface area (Å²) in [5.41, 5.74) is -0.487. The van der Waals surface area contributed by atoms with Crippen LogP contribution >= 0.6 is 23.2 Å². The van der Waals surface area contributed by atoms with Gasteiger partial charge in [-0.25, -0.2) is 0 Å². The van der Waals surface area contributed by atoms with Crippen LogP contribution in [0.4, 0.5) is 0 Å². The maximum absolute atomic E-state index is 11.6. The molecule has 0 rings (SSSR count). The van der Waals surface area contributed by atoms with Crippen molar-refractivity contribution in [2.75, 3.05) is 6.61 Å². The second kappa shape index (κ2) is 9.03. The van der Waals surface area contributed by atoms with E-state index in [1.54, 1.807) is 0 Å². The molecule has 2 nitrogen and oxygen atoms in total. The Morgan fingerprint density at radius 2 is 1.72 bits per heavy atom. The number of unbranched alkanes of at least 4 members (excludes halogenated alkanes) is 3. The lowest BCUT2D eigenvalue weighted by atomic mass is 9.97. The molecule has 18 heavy (non-hydrogen) atoms. The van der Waals surface area contributed by atoms with Crippen molar-refractivity contribution < 1.29 is 9.53 Å². The quantitative estimate of drug-likeness (QED) is 0.367. The van der Waals surface area contributed by atoms with E-state index in [0.29, 0.717) is 0 Å². The van der Waals surface area contributed by atoms with Crippen molar-refractivity contribution in [3.63, 3.8) is 0 Å². The summed E-state index contributed by atoms with van der Waals surface area (Å²) < 4.78 is 5.16. The number of rotatable bonds is 8. The molecule has 0 fully saturated rings. The molecule has 0 spiro atoms. The number of alkyl halides is 2. The molecule has 0 bridgehead atoms. The van der Waals surface area contributed by atoms with Crippen LogP contribution in [0.5, 0.6) is 0 Å². The number of halogens is 2. The summed E-state index contributed by atoms with van der Waals surface area (Å²) in [6, 6.07) is 0. The zero-order valence-corrected chi connectivity index (χ0v) is 13.5. The second-order valence-corrected chi connectivity index (χ2v) is 6.85. The van der Waals surface area contributed by atoms with Gasteiger partial charge in [-0.15, -0.1) is 23.2 Å². The number of ether oxygens (including phenoxy) is 1. The molecular weight excluding hydrogens is 271 g/mol. The number of carbonyl (C=O) groups is 1. The average Bonchev–Trinajstić information content (AvgIpc) is 2.29. The van der Waals surface area contributed by atoms with Crippen LogP contribution in [-0.4, -0.2) is 23.3 Å². The highest BCUT2D eigenvalue weighted by atomic mass is 35.5. The van der Waals surface area contributed by atoms with Gasteiger partial charge in [0.25, 0.3) is 0 Å². The van der Waals surface area contributed by atoms with Gasteiger partial charge < -0.3 is 4.74 Å². The first-order valence-corrected chi connectivity index (χ1v) is 7.61. The van der Waals surface area contributed by atoms with Gasteiger partial charge in [0.1, 0.15) is 6.61 Å². The standard InChI is InChI=1S/C14H26Cl2O2/c1-5-6-7-8-9-11(15)12(16)10-18-13(17)14(2,3)4/h11-12H,5-10H2,1-4H3/t11-,12+/m1/s1. The van der Waals surface area contributed by atoms with Gasteiger partial charge in [-0.2, -0.15) is 0 Å². The maximum atomic E-state index is 11.6. The van der Waals surface area contributed by atoms with Crippen LogP contribution in [0.15, 0.2) is 0 Å². The molecular formula is C14H26Cl2O2. The van der Waals surface area contributed by atoms with Crippen molar-refractivity contribution in [1.82, 2.24) is 0 Å². The minimum absolute atomic E-state index is 0.128. The van der Waals surface area contributed by atoms with E-state index in [9.17, 15) is 4.79 Å². The first-order chi connectivity index (χ1) is 8.29. The van der Waals surface area contributed by atoms with Crippen molar-refractivity contribution in [2.24, 2.45) is 5.41 Å². The molecule has 0 aromatic heterocycles. The molecule has 0 unspecified atom stereocenters. The molecule has 2 atom stereocenters. The van der Waals surface area contributed by atoms with E-state index in [1.165, 1.54) is 19.3 Å². The van der Waals surface area contributed by atoms with Crippen LogP contribution in [-0.2, 0) is 9.53 Å². The lowest BCUT2D eigenvalue weighted by Crippen LogP contribution is -2.28. The molecule has 0 aromatic carbocycles. The molecule has 0 aliphatic rings. The van der Waals surface area contributed by atoms with Crippen LogP contribution in [0.3, 0.4) is 0 Å². The monoisotopic (exact) mass is 296 g/mol. The Balaban J connectivity index is 3.80. The SMILES string of the molecule is CCCCCC[C@@H](Cl)[C@@H](Cl)COC(=O)C(C)(C)C. The van der Waals surface area contributed by atoms with Crippen molar-refractivity contribution in [3.8, 4) is 0 Å². The molecule has 4 heteroatoms. The summed E-state index contributed by atoms with van der Waals surface area (Å²) in [6.45, 7) is 7.83. The minimum Gasteiger partial charge on any atom is -0.464 e. The Labute approximate surface area is 121 Å². The highest BCUT2D eigenvalue weighted by molar-refractivity contribution is 6.30. The van der Waals surface area contributed by atoms with E-state index < -0.39 is 5.41 Å². The largest absolute Gasteiger partial charge is 0.464 e. The average molecular weight is 297 g/mol. The Bertz CT molecular complexity index is 236. The predicted molar refractivity (Wildman–Crippen MR) is 78.5 cm³/mol. The highest BCUT2D eigenvalue weighted by Crippen LogP contribution is 2.20. The first kappa shape index (κ1) is 18.0. The zero-order chi connectivity index (χ0) is 14.2. The van der Waals surface area contributed by atoms with E-state index in [4.69, 9.17) is 27.9 Å². The van der Waals surface area contributed by atoms with Gasteiger partial charge in [0.15, 0.2) is 0 Å². The third kappa shape index (κ3) is 8.20. The molecule has 0 heterocycles. The zero-order valence-electron chi connectivity index (χ0n) is 12.0. The molecule has 0 amide bonds. The summed E-state index contributed by atoms with van der Waals surface area (Å²) in [4.78, 5) is 11.6. The van der Waals surface area contributed by atoms with Crippen LogP contribution in [0.2, 0.25) is 0 Å². The van der Waals surface area contributed by atoms with Crippen LogP contribution < -0.4 is 0 Å². The fraction of sp³-hybridized carbons (Fsp3) is 0.929. The predicted octanol–water partition coefficient (Wildman–Crippen LogP) is 4.76. The van der Waals surface area contributed by atoms with Crippen LogP contribution in [0, 0.1) is 5.41 Å². The Morgan fingerprint density at radius 3 is 2.22 bits per heavy atom. The van der Waals surface area contributed by atoms with E-state index in [2.05, 4.69) is 6.92 Å². The van der Waals surface area contributed by atoms with Gasteiger partial charge in [0.2, 0.25) is 0 Å². The van der Waals surface area contributed by atoms with Crippen molar-refractivity contribution in [1.29, 1.82) is 0 Å². The number of carbonyl (C=O) groups excluding carboxylic acids is 1. The van der Waals surface area contributed by atoms with E-state index in [-0.39, 0.29) is 23.3 Å². The van der Waals surface area contributed by atoms with Crippen molar-refractivity contribution in [3.05, 3.63) is 0 Å². The minimum atomic E-state index is -0.487. The normalized spacial score (nSPS) is 15.2. The molecule has 0 radical (unpaired) electrons. The third-order valence-corrected chi connectivity index (χ3v) is 3.79. The number of hydrogen-bond donors (Lipinski definition) is 0. The second-order valence-electron chi connectivity index (χ2n) is 5.73. The van der Waals surface area contributed by atoms with Gasteiger partial charge in [-0.3, -0.25) is 4.79 Å². The van der Waals surface area contributed by atoms with Gasteiger partial charge in [0, 0.05) is 0 Å². The molecule has 0 aromatic rings. The Hall–Kier alpha value is 0.0500. The van der Waals surface area contributed by atoms with Gasteiger partial charge >= 0.3 is 5.97 Å². The molecule has 0 saturated carbocycles. The Morgan fingerprint density at radius 1 is 1.11 bits per heavy atom. The maximum Gasteiger partial charge on any atom is 0.311 e. The molecule has 0 aliphatic carbocycles.